The lowest BCUT2D eigenvalue weighted by Gasteiger charge is -2.13. The summed E-state index contributed by atoms with van der Waals surface area (Å²) in [6.07, 6.45) is 0. The minimum atomic E-state index is -3.71. The van der Waals surface area contributed by atoms with E-state index in [0.717, 1.165) is 0 Å². The first-order chi connectivity index (χ1) is 13.4. The van der Waals surface area contributed by atoms with Crippen molar-refractivity contribution < 1.29 is 17.9 Å². The van der Waals surface area contributed by atoms with Crippen LogP contribution in [-0.4, -0.2) is 21.4 Å². The molecule has 3 rings (SSSR count). The van der Waals surface area contributed by atoms with Crippen molar-refractivity contribution in [3.05, 3.63) is 83.4 Å². The van der Waals surface area contributed by atoms with Crippen molar-refractivity contribution in [1.82, 2.24) is 4.72 Å². The molecule has 8 heteroatoms. The molecule has 0 radical (unpaired) electrons. The minimum absolute atomic E-state index is 0.0347. The van der Waals surface area contributed by atoms with Crippen LogP contribution in [0.5, 0.6) is 11.5 Å². The van der Waals surface area contributed by atoms with Gasteiger partial charge in [0.15, 0.2) is 5.75 Å². The molecule has 28 heavy (non-hydrogen) atoms. The SMILES string of the molecule is CNS(=O)(=O)c1ccc(Cl)c(C(=O)Nc2ccccc2Oc2ccccc2)c1. The van der Waals surface area contributed by atoms with E-state index in [4.69, 9.17) is 16.3 Å². The van der Waals surface area contributed by atoms with Crippen LogP contribution >= 0.6 is 11.6 Å². The molecule has 0 unspecified atom stereocenters. The second-order valence-corrected chi connectivity index (χ2v) is 8.01. The van der Waals surface area contributed by atoms with Crippen molar-refractivity contribution in [2.24, 2.45) is 0 Å². The maximum Gasteiger partial charge on any atom is 0.257 e. The van der Waals surface area contributed by atoms with Gasteiger partial charge in [-0.1, -0.05) is 41.9 Å². The standard InChI is InChI=1S/C20H17ClN2O4S/c1-22-28(25,26)15-11-12-17(21)16(13-15)20(24)23-18-9-5-6-10-19(18)27-14-7-3-2-4-8-14/h2-13,22H,1H3,(H,23,24). The second-order valence-electron chi connectivity index (χ2n) is 5.71. The lowest BCUT2D eigenvalue weighted by atomic mass is 10.2. The minimum Gasteiger partial charge on any atom is -0.455 e. The van der Waals surface area contributed by atoms with Gasteiger partial charge < -0.3 is 10.1 Å². The molecule has 0 aliphatic rings. The highest BCUT2D eigenvalue weighted by molar-refractivity contribution is 7.89. The Morgan fingerprint density at radius 3 is 2.36 bits per heavy atom. The van der Waals surface area contributed by atoms with Gasteiger partial charge in [-0.05, 0) is 49.5 Å². The number of halogens is 1. The van der Waals surface area contributed by atoms with E-state index in [-0.39, 0.29) is 15.5 Å². The van der Waals surface area contributed by atoms with E-state index in [1.807, 2.05) is 18.2 Å². The van der Waals surface area contributed by atoms with Gasteiger partial charge in [-0.2, -0.15) is 0 Å². The van der Waals surface area contributed by atoms with Crippen molar-refractivity contribution >= 4 is 33.2 Å². The number of carbonyl (C=O) groups is 1. The number of benzene rings is 3. The summed E-state index contributed by atoms with van der Waals surface area (Å²) in [6.45, 7) is 0. The number of anilines is 1. The van der Waals surface area contributed by atoms with Crippen LogP contribution in [0.4, 0.5) is 5.69 Å². The first kappa shape index (κ1) is 19.9. The first-order valence-corrected chi connectivity index (χ1v) is 10.1. The zero-order valence-corrected chi connectivity index (χ0v) is 16.4. The molecule has 0 saturated heterocycles. The molecule has 0 fully saturated rings. The molecule has 0 aliphatic heterocycles. The Hall–Kier alpha value is -2.87. The third kappa shape index (κ3) is 4.51. The van der Waals surface area contributed by atoms with Crippen molar-refractivity contribution in [2.75, 3.05) is 12.4 Å². The summed E-state index contributed by atoms with van der Waals surface area (Å²) >= 11 is 6.11. The van der Waals surface area contributed by atoms with Crippen LogP contribution in [0.25, 0.3) is 0 Å². The van der Waals surface area contributed by atoms with Crippen molar-refractivity contribution in [3.63, 3.8) is 0 Å². The van der Waals surface area contributed by atoms with Crippen LogP contribution in [0.3, 0.4) is 0 Å². The van der Waals surface area contributed by atoms with Crippen LogP contribution in [0.15, 0.2) is 77.7 Å². The summed E-state index contributed by atoms with van der Waals surface area (Å²) < 4.78 is 32.0. The van der Waals surface area contributed by atoms with Crippen molar-refractivity contribution in [3.8, 4) is 11.5 Å². The molecule has 0 atom stereocenters. The van der Waals surface area contributed by atoms with Crippen molar-refractivity contribution in [2.45, 2.75) is 4.90 Å². The molecule has 0 saturated carbocycles. The molecule has 0 bridgehead atoms. The summed E-state index contributed by atoms with van der Waals surface area (Å²) in [5.41, 5.74) is 0.460. The van der Waals surface area contributed by atoms with E-state index in [0.29, 0.717) is 17.2 Å². The number of amides is 1. The van der Waals surface area contributed by atoms with E-state index in [9.17, 15) is 13.2 Å². The van der Waals surface area contributed by atoms with Gasteiger partial charge in [0.25, 0.3) is 5.91 Å². The number of rotatable bonds is 6. The number of para-hydroxylation sites is 3. The van der Waals surface area contributed by atoms with Crippen molar-refractivity contribution in [1.29, 1.82) is 0 Å². The summed E-state index contributed by atoms with van der Waals surface area (Å²) in [6, 6.07) is 20.0. The van der Waals surface area contributed by atoms with E-state index in [1.54, 1.807) is 36.4 Å². The van der Waals surface area contributed by atoms with Gasteiger partial charge in [-0.15, -0.1) is 0 Å². The Balaban J connectivity index is 1.89. The van der Waals surface area contributed by atoms with E-state index < -0.39 is 15.9 Å². The summed E-state index contributed by atoms with van der Waals surface area (Å²) in [7, 11) is -2.41. The van der Waals surface area contributed by atoms with E-state index in [2.05, 4.69) is 10.0 Å². The molecule has 1 amide bonds. The second kappa shape index (κ2) is 8.43. The fourth-order valence-corrected chi connectivity index (χ4v) is 3.39. The average molecular weight is 417 g/mol. The van der Waals surface area contributed by atoms with Gasteiger partial charge in [-0.25, -0.2) is 13.1 Å². The van der Waals surface area contributed by atoms with E-state index in [1.165, 1.54) is 25.2 Å². The highest BCUT2D eigenvalue weighted by atomic mass is 35.5. The van der Waals surface area contributed by atoms with Gasteiger partial charge in [-0.3, -0.25) is 4.79 Å². The Labute approximate surface area is 168 Å². The zero-order valence-electron chi connectivity index (χ0n) is 14.8. The molecular weight excluding hydrogens is 400 g/mol. The third-order valence-electron chi connectivity index (χ3n) is 3.87. The predicted molar refractivity (Wildman–Crippen MR) is 109 cm³/mol. The quantitative estimate of drug-likeness (QED) is 0.627. The predicted octanol–water partition coefficient (Wildman–Crippen LogP) is 4.29. The lowest BCUT2D eigenvalue weighted by Crippen LogP contribution is -2.20. The molecular formula is C20H17ClN2O4S. The highest BCUT2D eigenvalue weighted by Crippen LogP contribution is 2.30. The topological polar surface area (TPSA) is 84.5 Å². The molecule has 0 aromatic heterocycles. The Morgan fingerprint density at radius 1 is 0.964 bits per heavy atom. The van der Waals surface area contributed by atoms with Crippen LogP contribution < -0.4 is 14.8 Å². The fourth-order valence-electron chi connectivity index (χ4n) is 2.43. The molecule has 0 aliphatic carbocycles. The number of nitrogens with one attached hydrogen (secondary N) is 2. The first-order valence-electron chi connectivity index (χ1n) is 8.27. The average Bonchev–Trinajstić information content (AvgIpc) is 2.70. The van der Waals surface area contributed by atoms with Gasteiger partial charge in [0.05, 0.1) is 21.2 Å². The Morgan fingerprint density at radius 2 is 1.64 bits per heavy atom. The maximum atomic E-state index is 12.7. The number of ether oxygens (including phenoxy) is 1. The number of hydrogen-bond donors (Lipinski definition) is 2. The molecule has 0 heterocycles. The molecule has 144 valence electrons. The molecule has 3 aromatic carbocycles. The number of carbonyl (C=O) groups excluding carboxylic acids is 1. The number of sulfonamides is 1. The van der Waals surface area contributed by atoms with Crippen LogP contribution in [-0.2, 0) is 10.0 Å². The molecule has 0 spiro atoms. The highest BCUT2D eigenvalue weighted by Gasteiger charge is 2.18. The monoisotopic (exact) mass is 416 g/mol. The lowest BCUT2D eigenvalue weighted by molar-refractivity contribution is 0.102. The largest absolute Gasteiger partial charge is 0.455 e. The third-order valence-corrected chi connectivity index (χ3v) is 5.61. The van der Waals surface area contributed by atoms with Crippen LogP contribution in [0.1, 0.15) is 10.4 Å². The maximum absolute atomic E-state index is 12.7. The molecule has 2 N–H and O–H groups in total. The van der Waals surface area contributed by atoms with Crippen LogP contribution in [0, 0.1) is 0 Å². The summed E-state index contributed by atoms with van der Waals surface area (Å²) in [4.78, 5) is 12.7. The molecule has 3 aromatic rings. The van der Waals surface area contributed by atoms with Crippen LogP contribution in [0.2, 0.25) is 5.02 Å². The van der Waals surface area contributed by atoms with E-state index >= 15 is 0 Å². The summed E-state index contributed by atoms with van der Waals surface area (Å²) in [5, 5.41) is 2.85. The van der Waals surface area contributed by atoms with Gasteiger partial charge in [0.1, 0.15) is 5.75 Å². The van der Waals surface area contributed by atoms with Gasteiger partial charge >= 0.3 is 0 Å². The Bertz CT molecular complexity index is 1100. The normalized spacial score (nSPS) is 11.1. The Kier molecular flexibility index (Phi) is 5.99. The number of hydrogen-bond acceptors (Lipinski definition) is 4. The van der Waals surface area contributed by atoms with Gasteiger partial charge in [0, 0.05) is 0 Å². The zero-order chi connectivity index (χ0) is 20.1. The summed E-state index contributed by atoms with van der Waals surface area (Å²) in [5.74, 6) is 0.504. The van der Waals surface area contributed by atoms with Gasteiger partial charge in [0.2, 0.25) is 10.0 Å². The smallest absolute Gasteiger partial charge is 0.257 e. The fraction of sp³-hybridized carbons (Fsp3) is 0.0500. The molecule has 6 nitrogen and oxygen atoms in total.